The van der Waals surface area contributed by atoms with E-state index in [-0.39, 0.29) is 6.42 Å². The number of benzene rings is 1. The molecule has 0 bridgehead atoms. The normalized spacial score (nSPS) is 12.2. The van der Waals surface area contributed by atoms with Crippen LogP contribution in [0.3, 0.4) is 0 Å². The molecule has 0 spiro atoms. The fourth-order valence-corrected chi connectivity index (χ4v) is 2.05. The highest BCUT2D eigenvalue weighted by atomic mass is 16.6. The van der Waals surface area contributed by atoms with Crippen molar-refractivity contribution in [1.82, 2.24) is 5.32 Å². The second-order valence-electron chi connectivity index (χ2n) is 6.63. The molecule has 0 radical (unpaired) electrons. The number of carbonyl (C=O) groups is 2. The summed E-state index contributed by atoms with van der Waals surface area (Å²) in [5.41, 5.74) is 0.923. The lowest BCUT2D eigenvalue weighted by Crippen LogP contribution is -2.44. The number of amides is 1. The zero-order valence-electron chi connectivity index (χ0n) is 15.0. The minimum Gasteiger partial charge on any atom is -0.496 e. The second-order valence-corrected chi connectivity index (χ2v) is 6.63. The zero-order valence-corrected chi connectivity index (χ0v) is 15.0. The Morgan fingerprint density at radius 1 is 1.29 bits per heavy atom. The maximum Gasteiger partial charge on any atom is 0.408 e. The highest BCUT2D eigenvalue weighted by Crippen LogP contribution is 2.26. The van der Waals surface area contributed by atoms with Gasteiger partial charge >= 0.3 is 12.1 Å². The maximum atomic E-state index is 11.8. The number of carbonyl (C=O) groups excluding carboxylic acids is 1. The van der Waals surface area contributed by atoms with Gasteiger partial charge in [0.1, 0.15) is 17.4 Å². The molecule has 0 aliphatic carbocycles. The van der Waals surface area contributed by atoms with Gasteiger partial charge in [-0.05, 0) is 32.4 Å². The molecule has 1 amide bonds. The number of nitrogens with zero attached hydrogens (tertiary/aromatic N) is 1. The predicted molar refractivity (Wildman–Crippen MR) is 91.8 cm³/mol. The molecule has 1 aromatic rings. The van der Waals surface area contributed by atoms with E-state index < -0.39 is 23.7 Å². The third kappa shape index (κ3) is 5.98. The Hall–Kier alpha value is -2.44. The molecule has 1 unspecified atom stereocenters. The van der Waals surface area contributed by atoms with Crippen molar-refractivity contribution in [2.75, 3.05) is 26.1 Å². The number of carboxylic acid groups (broad SMARTS) is 1. The SMILES string of the molecule is COc1cc(N(C)C)ccc1CC(NC(=O)OC(C)(C)C)C(=O)O. The number of hydrogen-bond donors (Lipinski definition) is 2. The van der Waals surface area contributed by atoms with Crippen LogP contribution in [0.15, 0.2) is 18.2 Å². The van der Waals surface area contributed by atoms with E-state index in [1.54, 1.807) is 26.8 Å². The van der Waals surface area contributed by atoms with Crippen molar-refractivity contribution < 1.29 is 24.2 Å². The number of hydrogen-bond acceptors (Lipinski definition) is 5. The number of anilines is 1. The molecule has 0 fully saturated rings. The maximum absolute atomic E-state index is 11.8. The van der Waals surface area contributed by atoms with Crippen LogP contribution >= 0.6 is 0 Å². The van der Waals surface area contributed by atoms with Gasteiger partial charge in [-0.3, -0.25) is 0 Å². The fraction of sp³-hybridized carbons (Fsp3) is 0.529. The molecule has 134 valence electrons. The Labute approximate surface area is 142 Å². The Kier molecular flexibility index (Phi) is 6.45. The molecule has 24 heavy (non-hydrogen) atoms. The molecule has 1 aromatic carbocycles. The van der Waals surface area contributed by atoms with Crippen LogP contribution in [-0.4, -0.2) is 50.0 Å². The molecule has 1 atom stereocenters. The van der Waals surface area contributed by atoms with Crippen LogP contribution in [0.1, 0.15) is 26.3 Å². The first kappa shape index (κ1) is 19.6. The molecule has 0 aromatic heterocycles. The lowest BCUT2D eigenvalue weighted by atomic mass is 10.0. The quantitative estimate of drug-likeness (QED) is 0.827. The number of aliphatic carboxylic acids is 1. The summed E-state index contributed by atoms with van der Waals surface area (Å²) >= 11 is 0. The molecule has 0 saturated heterocycles. The molecule has 0 aliphatic rings. The van der Waals surface area contributed by atoms with Crippen molar-refractivity contribution in [3.63, 3.8) is 0 Å². The molecule has 7 nitrogen and oxygen atoms in total. The van der Waals surface area contributed by atoms with Crippen molar-refractivity contribution in [2.24, 2.45) is 0 Å². The van der Waals surface area contributed by atoms with Gasteiger partial charge in [0.2, 0.25) is 0 Å². The molecule has 7 heteroatoms. The molecular formula is C17H26N2O5. The average Bonchev–Trinajstić information content (AvgIpc) is 2.44. The predicted octanol–water partition coefficient (Wildman–Crippen LogP) is 2.28. The van der Waals surface area contributed by atoms with E-state index in [1.165, 1.54) is 7.11 Å². The number of ether oxygens (including phenoxy) is 2. The Bertz CT molecular complexity index is 593. The van der Waals surface area contributed by atoms with Crippen molar-refractivity contribution in [3.8, 4) is 5.75 Å². The van der Waals surface area contributed by atoms with Crippen molar-refractivity contribution in [3.05, 3.63) is 23.8 Å². The first-order valence-electron chi connectivity index (χ1n) is 7.60. The molecule has 0 aliphatic heterocycles. The number of rotatable bonds is 6. The zero-order chi connectivity index (χ0) is 18.5. The van der Waals surface area contributed by atoms with Gasteiger partial charge in [0.15, 0.2) is 0 Å². The van der Waals surface area contributed by atoms with Gasteiger partial charge in [0.25, 0.3) is 0 Å². The lowest BCUT2D eigenvalue weighted by molar-refractivity contribution is -0.139. The first-order chi connectivity index (χ1) is 11.0. The third-order valence-corrected chi connectivity index (χ3v) is 3.20. The monoisotopic (exact) mass is 338 g/mol. The highest BCUT2D eigenvalue weighted by Gasteiger charge is 2.25. The highest BCUT2D eigenvalue weighted by molar-refractivity contribution is 5.80. The summed E-state index contributed by atoms with van der Waals surface area (Å²) in [4.78, 5) is 25.2. The van der Waals surface area contributed by atoms with Crippen LogP contribution < -0.4 is 15.0 Å². The fourth-order valence-electron chi connectivity index (χ4n) is 2.05. The van der Waals surface area contributed by atoms with Gasteiger partial charge in [-0.2, -0.15) is 0 Å². The van der Waals surface area contributed by atoms with E-state index in [4.69, 9.17) is 9.47 Å². The van der Waals surface area contributed by atoms with E-state index >= 15 is 0 Å². The van der Waals surface area contributed by atoms with E-state index in [2.05, 4.69) is 5.32 Å². The standard InChI is InChI=1S/C17H26N2O5/c1-17(2,3)24-16(22)18-13(15(20)21)9-11-7-8-12(19(4)5)10-14(11)23-6/h7-8,10,13H,9H2,1-6H3,(H,18,22)(H,20,21). The smallest absolute Gasteiger partial charge is 0.408 e. The van der Waals surface area contributed by atoms with Crippen molar-refractivity contribution >= 4 is 17.7 Å². The van der Waals surface area contributed by atoms with Crippen LogP contribution in [0.2, 0.25) is 0 Å². The Balaban J connectivity index is 2.93. The molecule has 0 heterocycles. The molecule has 1 rings (SSSR count). The Morgan fingerprint density at radius 3 is 2.38 bits per heavy atom. The van der Waals surface area contributed by atoms with Crippen LogP contribution in [0.25, 0.3) is 0 Å². The summed E-state index contributed by atoms with van der Waals surface area (Å²) in [7, 11) is 5.33. The number of nitrogens with one attached hydrogen (secondary N) is 1. The topological polar surface area (TPSA) is 88.1 Å². The van der Waals surface area contributed by atoms with Crippen molar-refractivity contribution in [1.29, 1.82) is 0 Å². The van der Waals surface area contributed by atoms with Gasteiger partial charge < -0.3 is 24.8 Å². The van der Waals surface area contributed by atoms with Gasteiger partial charge in [0.05, 0.1) is 7.11 Å². The number of carboxylic acids is 1. The first-order valence-corrected chi connectivity index (χ1v) is 7.60. The van der Waals surface area contributed by atoms with Gasteiger partial charge in [-0.1, -0.05) is 6.07 Å². The van der Waals surface area contributed by atoms with Gasteiger partial charge in [0, 0.05) is 32.3 Å². The van der Waals surface area contributed by atoms with Gasteiger partial charge in [-0.15, -0.1) is 0 Å². The van der Waals surface area contributed by atoms with Crippen molar-refractivity contribution in [2.45, 2.75) is 38.8 Å². The van der Waals surface area contributed by atoms with Crippen LogP contribution in [0, 0.1) is 0 Å². The molecular weight excluding hydrogens is 312 g/mol. The van der Waals surface area contributed by atoms with Crippen LogP contribution in [0.5, 0.6) is 5.75 Å². The summed E-state index contributed by atoms with van der Waals surface area (Å²) in [5, 5.41) is 11.8. The number of methoxy groups -OCH3 is 1. The average molecular weight is 338 g/mol. The minimum absolute atomic E-state index is 0.0887. The second kappa shape index (κ2) is 7.90. The van der Waals surface area contributed by atoms with E-state index in [1.807, 2.05) is 31.1 Å². The summed E-state index contributed by atoms with van der Waals surface area (Å²) in [6.45, 7) is 5.14. The van der Waals surface area contributed by atoms with Crippen LogP contribution in [-0.2, 0) is 16.0 Å². The summed E-state index contributed by atoms with van der Waals surface area (Å²) in [6.07, 6.45) is -0.676. The summed E-state index contributed by atoms with van der Waals surface area (Å²) < 4.78 is 10.5. The molecule has 2 N–H and O–H groups in total. The van der Waals surface area contributed by atoms with E-state index in [0.29, 0.717) is 11.3 Å². The molecule has 0 saturated carbocycles. The minimum atomic E-state index is -1.14. The largest absolute Gasteiger partial charge is 0.496 e. The van der Waals surface area contributed by atoms with Crippen LogP contribution in [0.4, 0.5) is 10.5 Å². The lowest BCUT2D eigenvalue weighted by Gasteiger charge is -2.22. The summed E-state index contributed by atoms with van der Waals surface area (Å²) in [6, 6.07) is 4.37. The van der Waals surface area contributed by atoms with E-state index in [9.17, 15) is 14.7 Å². The Morgan fingerprint density at radius 2 is 1.92 bits per heavy atom. The summed E-state index contributed by atoms with van der Waals surface area (Å²) in [5.74, 6) is -0.571. The van der Waals surface area contributed by atoms with Gasteiger partial charge in [-0.25, -0.2) is 9.59 Å². The van der Waals surface area contributed by atoms with E-state index in [0.717, 1.165) is 5.69 Å². The third-order valence-electron chi connectivity index (χ3n) is 3.20. The number of alkyl carbamates (subject to hydrolysis) is 1.